The van der Waals surface area contributed by atoms with Gasteiger partial charge in [0.15, 0.2) is 6.61 Å². The first kappa shape index (κ1) is 13.6. The van der Waals surface area contributed by atoms with Crippen molar-refractivity contribution in [3.05, 3.63) is 29.3 Å². The predicted octanol–water partition coefficient (Wildman–Crippen LogP) is 2.55. The Morgan fingerprint density at radius 2 is 1.82 bits per heavy atom. The summed E-state index contributed by atoms with van der Waals surface area (Å²) >= 11 is 0. The number of hydrogen-bond donors (Lipinski definition) is 0. The largest absolute Gasteiger partial charge is 0.484 e. The zero-order valence-electron chi connectivity index (χ0n) is 11.1. The average molecular weight is 235 g/mol. The van der Waals surface area contributed by atoms with Crippen molar-refractivity contribution >= 4 is 5.91 Å². The molecule has 0 N–H and O–H groups in total. The van der Waals surface area contributed by atoms with Crippen molar-refractivity contribution in [1.29, 1.82) is 0 Å². The normalized spacial score (nSPS) is 10.1. The molecule has 0 radical (unpaired) electrons. The fourth-order valence-electron chi connectivity index (χ4n) is 1.62. The lowest BCUT2D eigenvalue weighted by molar-refractivity contribution is -0.132. The molecule has 1 rings (SSSR count). The lowest BCUT2D eigenvalue weighted by atomic mass is 10.1. The second-order valence-electron chi connectivity index (χ2n) is 4.10. The molecule has 0 bridgehead atoms. The van der Waals surface area contributed by atoms with Crippen LogP contribution in [0.1, 0.15) is 25.0 Å². The summed E-state index contributed by atoms with van der Waals surface area (Å²) in [7, 11) is 0. The van der Waals surface area contributed by atoms with E-state index in [1.165, 1.54) is 11.1 Å². The summed E-state index contributed by atoms with van der Waals surface area (Å²) in [6, 6.07) is 5.87. The Labute approximate surface area is 103 Å². The molecule has 3 heteroatoms. The first-order valence-corrected chi connectivity index (χ1v) is 6.06. The van der Waals surface area contributed by atoms with Crippen LogP contribution in [-0.4, -0.2) is 30.5 Å². The monoisotopic (exact) mass is 235 g/mol. The summed E-state index contributed by atoms with van der Waals surface area (Å²) in [5.41, 5.74) is 2.41. The van der Waals surface area contributed by atoms with Gasteiger partial charge in [0.05, 0.1) is 0 Å². The van der Waals surface area contributed by atoms with Crippen LogP contribution < -0.4 is 4.74 Å². The zero-order valence-corrected chi connectivity index (χ0v) is 11.1. The van der Waals surface area contributed by atoms with Gasteiger partial charge in [-0.2, -0.15) is 0 Å². The van der Waals surface area contributed by atoms with Gasteiger partial charge < -0.3 is 9.64 Å². The molecule has 17 heavy (non-hydrogen) atoms. The summed E-state index contributed by atoms with van der Waals surface area (Å²) in [6.07, 6.45) is 0. The zero-order chi connectivity index (χ0) is 12.8. The molecule has 0 unspecified atom stereocenters. The number of carbonyl (C=O) groups is 1. The molecule has 1 aromatic rings. The molecule has 1 aromatic carbocycles. The molecule has 0 fully saturated rings. The van der Waals surface area contributed by atoms with E-state index in [-0.39, 0.29) is 12.5 Å². The maximum absolute atomic E-state index is 11.7. The molecule has 0 saturated heterocycles. The smallest absolute Gasteiger partial charge is 0.260 e. The number of hydrogen-bond acceptors (Lipinski definition) is 2. The van der Waals surface area contributed by atoms with Gasteiger partial charge in [0.1, 0.15) is 5.75 Å². The molecular weight excluding hydrogens is 214 g/mol. The van der Waals surface area contributed by atoms with Crippen molar-refractivity contribution < 1.29 is 9.53 Å². The maximum Gasteiger partial charge on any atom is 0.260 e. The minimum atomic E-state index is 0.0354. The van der Waals surface area contributed by atoms with Crippen LogP contribution in [0.4, 0.5) is 0 Å². The van der Waals surface area contributed by atoms with E-state index in [4.69, 9.17) is 4.74 Å². The van der Waals surface area contributed by atoms with Crippen molar-refractivity contribution in [2.45, 2.75) is 27.7 Å². The third kappa shape index (κ3) is 3.77. The molecule has 0 aliphatic carbocycles. The number of likely N-dealkylation sites (N-methyl/N-ethyl adjacent to an activating group) is 1. The number of carbonyl (C=O) groups excluding carboxylic acids is 1. The van der Waals surface area contributed by atoms with Gasteiger partial charge in [-0.25, -0.2) is 0 Å². The molecule has 0 saturated carbocycles. The second-order valence-corrected chi connectivity index (χ2v) is 4.10. The number of rotatable bonds is 5. The number of aryl methyl sites for hydroxylation is 2. The maximum atomic E-state index is 11.7. The summed E-state index contributed by atoms with van der Waals surface area (Å²) in [5.74, 6) is 0.793. The molecule has 0 aliphatic heterocycles. The number of ether oxygens (including phenoxy) is 1. The van der Waals surface area contributed by atoms with Crippen molar-refractivity contribution in [2.75, 3.05) is 19.7 Å². The highest BCUT2D eigenvalue weighted by molar-refractivity contribution is 5.77. The molecule has 0 spiro atoms. The number of benzene rings is 1. The highest BCUT2D eigenvalue weighted by Crippen LogP contribution is 2.16. The van der Waals surface area contributed by atoms with Gasteiger partial charge in [-0.3, -0.25) is 4.79 Å². The number of nitrogens with zero attached hydrogens (tertiary/aromatic N) is 1. The molecule has 0 aliphatic rings. The molecule has 94 valence electrons. The van der Waals surface area contributed by atoms with Gasteiger partial charge in [-0.15, -0.1) is 0 Å². The fraction of sp³-hybridized carbons (Fsp3) is 0.500. The van der Waals surface area contributed by atoms with E-state index in [1.807, 2.05) is 39.0 Å². The van der Waals surface area contributed by atoms with E-state index in [2.05, 4.69) is 6.92 Å². The Morgan fingerprint density at radius 1 is 1.18 bits per heavy atom. The van der Waals surface area contributed by atoms with E-state index in [0.29, 0.717) is 0 Å². The topological polar surface area (TPSA) is 29.5 Å². The van der Waals surface area contributed by atoms with Crippen LogP contribution in [0.25, 0.3) is 0 Å². The van der Waals surface area contributed by atoms with Gasteiger partial charge in [-0.1, -0.05) is 6.07 Å². The lowest BCUT2D eigenvalue weighted by Crippen LogP contribution is -2.34. The second kappa shape index (κ2) is 6.28. The minimum absolute atomic E-state index is 0.0354. The van der Waals surface area contributed by atoms with Crippen LogP contribution in [0.15, 0.2) is 18.2 Å². The first-order valence-electron chi connectivity index (χ1n) is 6.06. The Kier molecular flexibility index (Phi) is 5.01. The van der Waals surface area contributed by atoms with Crippen molar-refractivity contribution in [2.24, 2.45) is 0 Å². The molecule has 0 aromatic heterocycles. The highest BCUT2D eigenvalue weighted by Gasteiger charge is 2.10. The van der Waals surface area contributed by atoms with E-state index >= 15 is 0 Å². The van der Waals surface area contributed by atoms with Crippen LogP contribution in [-0.2, 0) is 4.79 Å². The molecule has 0 atom stereocenters. The number of amides is 1. The Bertz CT molecular complexity index is 384. The molecular formula is C14H21NO2. The quantitative estimate of drug-likeness (QED) is 0.785. The van der Waals surface area contributed by atoms with E-state index < -0.39 is 0 Å². The Balaban J connectivity index is 2.55. The van der Waals surface area contributed by atoms with Crippen LogP contribution >= 0.6 is 0 Å². The van der Waals surface area contributed by atoms with E-state index in [9.17, 15) is 4.79 Å². The Hall–Kier alpha value is -1.51. The Morgan fingerprint density at radius 3 is 2.35 bits per heavy atom. The molecule has 3 nitrogen and oxygen atoms in total. The average Bonchev–Trinajstić information content (AvgIpc) is 2.32. The molecule has 1 amide bonds. The summed E-state index contributed by atoms with van der Waals surface area (Å²) < 4.78 is 5.50. The van der Waals surface area contributed by atoms with Gasteiger partial charge in [0, 0.05) is 13.1 Å². The minimum Gasteiger partial charge on any atom is -0.484 e. The van der Waals surface area contributed by atoms with Crippen LogP contribution in [0.3, 0.4) is 0 Å². The van der Waals surface area contributed by atoms with Crippen molar-refractivity contribution in [3.8, 4) is 5.75 Å². The van der Waals surface area contributed by atoms with Gasteiger partial charge in [-0.05, 0) is 51.0 Å². The van der Waals surface area contributed by atoms with Gasteiger partial charge >= 0.3 is 0 Å². The SMILES string of the molecule is CCN(CC)C(=O)COc1ccc(C)c(C)c1. The lowest BCUT2D eigenvalue weighted by Gasteiger charge is -2.18. The third-order valence-electron chi connectivity index (χ3n) is 2.96. The van der Waals surface area contributed by atoms with E-state index in [0.717, 1.165) is 18.8 Å². The third-order valence-corrected chi connectivity index (χ3v) is 2.96. The van der Waals surface area contributed by atoms with Crippen molar-refractivity contribution in [1.82, 2.24) is 4.90 Å². The standard InChI is InChI=1S/C14H21NO2/c1-5-15(6-2)14(16)10-17-13-8-7-11(3)12(4)9-13/h7-9H,5-6,10H2,1-4H3. The van der Waals surface area contributed by atoms with Crippen molar-refractivity contribution in [3.63, 3.8) is 0 Å². The van der Waals surface area contributed by atoms with Crippen LogP contribution in [0.5, 0.6) is 5.75 Å². The van der Waals surface area contributed by atoms with Crippen LogP contribution in [0.2, 0.25) is 0 Å². The van der Waals surface area contributed by atoms with Gasteiger partial charge in [0.2, 0.25) is 0 Å². The van der Waals surface area contributed by atoms with E-state index in [1.54, 1.807) is 4.90 Å². The highest BCUT2D eigenvalue weighted by atomic mass is 16.5. The first-order chi connectivity index (χ1) is 8.08. The fourth-order valence-corrected chi connectivity index (χ4v) is 1.62. The van der Waals surface area contributed by atoms with Crippen LogP contribution in [0, 0.1) is 13.8 Å². The summed E-state index contributed by atoms with van der Waals surface area (Å²) in [4.78, 5) is 13.5. The molecule has 0 heterocycles. The summed E-state index contributed by atoms with van der Waals surface area (Å²) in [6.45, 7) is 9.60. The predicted molar refractivity (Wildman–Crippen MR) is 69.3 cm³/mol. The van der Waals surface area contributed by atoms with Gasteiger partial charge in [0.25, 0.3) is 5.91 Å². The summed E-state index contributed by atoms with van der Waals surface area (Å²) in [5, 5.41) is 0.